The lowest BCUT2D eigenvalue weighted by molar-refractivity contribution is 0.367. The number of nitrogens with two attached hydrogens (primary N) is 1. The van der Waals surface area contributed by atoms with E-state index in [-0.39, 0.29) is 12.4 Å². The summed E-state index contributed by atoms with van der Waals surface area (Å²) in [5.74, 6) is -0.135. The summed E-state index contributed by atoms with van der Waals surface area (Å²) in [6, 6.07) is 0. The fraction of sp³-hybridized carbons (Fsp3) is 0.889. The number of hydrogen-bond donors (Lipinski definition) is 2. The molecule has 6 nitrogen and oxygen atoms in total. The summed E-state index contributed by atoms with van der Waals surface area (Å²) >= 11 is 0. The van der Waals surface area contributed by atoms with Gasteiger partial charge in [-0.2, -0.15) is 17.0 Å². The van der Waals surface area contributed by atoms with E-state index >= 15 is 0 Å². The molecule has 96 valence electrons. The maximum atomic E-state index is 12.1. The molecular weight excluding hydrogens is 228 g/mol. The van der Waals surface area contributed by atoms with Crippen LogP contribution in [0.2, 0.25) is 0 Å². The number of nitrogens with zero attached hydrogens (tertiary/aromatic N) is 2. The molecule has 0 saturated carbocycles. The minimum absolute atomic E-state index is 0.0350. The molecule has 0 spiro atoms. The van der Waals surface area contributed by atoms with E-state index in [9.17, 15) is 8.42 Å². The van der Waals surface area contributed by atoms with Crippen molar-refractivity contribution in [2.75, 3.05) is 26.2 Å². The SMILES string of the molecule is CCCN(CC(=N)N)S(=O)(=O)N(CC)CC. The van der Waals surface area contributed by atoms with Crippen LogP contribution < -0.4 is 5.73 Å². The summed E-state index contributed by atoms with van der Waals surface area (Å²) in [5, 5.41) is 7.19. The van der Waals surface area contributed by atoms with Crippen molar-refractivity contribution in [2.24, 2.45) is 5.73 Å². The third-order valence-electron chi connectivity index (χ3n) is 2.18. The van der Waals surface area contributed by atoms with Gasteiger partial charge >= 0.3 is 0 Å². The van der Waals surface area contributed by atoms with Crippen LogP contribution in [0.5, 0.6) is 0 Å². The van der Waals surface area contributed by atoms with Crippen molar-refractivity contribution in [2.45, 2.75) is 27.2 Å². The van der Waals surface area contributed by atoms with Crippen LogP contribution >= 0.6 is 0 Å². The van der Waals surface area contributed by atoms with Gasteiger partial charge in [0.1, 0.15) is 5.84 Å². The monoisotopic (exact) mass is 250 g/mol. The Morgan fingerprint density at radius 1 is 1.19 bits per heavy atom. The summed E-state index contributed by atoms with van der Waals surface area (Å²) in [5.41, 5.74) is 5.26. The van der Waals surface area contributed by atoms with Gasteiger partial charge in [0.2, 0.25) is 0 Å². The molecule has 0 heterocycles. The van der Waals surface area contributed by atoms with Crippen LogP contribution in [0.1, 0.15) is 27.2 Å². The predicted octanol–water partition coefficient (Wildman–Crippen LogP) is 0.221. The van der Waals surface area contributed by atoms with Gasteiger partial charge < -0.3 is 5.73 Å². The molecule has 0 saturated heterocycles. The Morgan fingerprint density at radius 2 is 1.69 bits per heavy atom. The standard InChI is InChI=1S/C9H22N4O2S/c1-4-7-13(8-9(10)11)16(14,15)12(5-2)6-3/h4-8H2,1-3H3,(H3,10,11). The van der Waals surface area contributed by atoms with Crippen molar-refractivity contribution < 1.29 is 8.42 Å². The molecule has 0 aromatic heterocycles. The molecule has 0 amide bonds. The molecule has 0 atom stereocenters. The second-order valence-electron chi connectivity index (χ2n) is 3.45. The summed E-state index contributed by atoms with van der Waals surface area (Å²) in [6.07, 6.45) is 0.702. The highest BCUT2D eigenvalue weighted by atomic mass is 32.2. The summed E-state index contributed by atoms with van der Waals surface area (Å²) in [7, 11) is -3.47. The molecule has 0 aromatic carbocycles. The molecule has 0 fully saturated rings. The molecule has 0 aliphatic rings. The first-order valence-electron chi connectivity index (χ1n) is 5.48. The molecular formula is C9H22N4O2S. The molecule has 7 heteroatoms. The number of nitrogens with one attached hydrogen (secondary N) is 1. The van der Waals surface area contributed by atoms with Crippen LogP contribution in [0, 0.1) is 5.41 Å². The topological polar surface area (TPSA) is 90.5 Å². The van der Waals surface area contributed by atoms with Crippen LogP contribution in [-0.2, 0) is 10.2 Å². The average Bonchev–Trinajstić information content (AvgIpc) is 2.18. The number of rotatable bonds is 8. The minimum atomic E-state index is -3.47. The van der Waals surface area contributed by atoms with E-state index in [0.717, 1.165) is 0 Å². The summed E-state index contributed by atoms with van der Waals surface area (Å²) in [4.78, 5) is 0. The van der Waals surface area contributed by atoms with Crippen molar-refractivity contribution in [3.63, 3.8) is 0 Å². The van der Waals surface area contributed by atoms with E-state index in [0.29, 0.717) is 26.1 Å². The summed E-state index contributed by atoms with van der Waals surface area (Å²) in [6.45, 7) is 6.68. The van der Waals surface area contributed by atoms with Crippen LogP contribution in [-0.4, -0.2) is 49.0 Å². The lowest BCUT2D eigenvalue weighted by atomic mass is 10.4. The maximum Gasteiger partial charge on any atom is 0.282 e. The van der Waals surface area contributed by atoms with Crippen LogP contribution in [0.3, 0.4) is 0 Å². The Labute approximate surface area is 98.1 Å². The van der Waals surface area contributed by atoms with Gasteiger partial charge in [-0.1, -0.05) is 20.8 Å². The Bertz CT molecular complexity index is 311. The molecule has 3 N–H and O–H groups in total. The largest absolute Gasteiger partial charge is 0.387 e. The van der Waals surface area contributed by atoms with Gasteiger partial charge in [0.15, 0.2) is 0 Å². The minimum Gasteiger partial charge on any atom is -0.387 e. The van der Waals surface area contributed by atoms with E-state index < -0.39 is 10.2 Å². The number of hydrogen-bond acceptors (Lipinski definition) is 3. The van der Waals surface area contributed by atoms with Gasteiger partial charge in [-0.3, -0.25) is 5.41 Å². The molecule has 0 rings (SSSR count). The fourth-order valence-electron chi connectivity index (χ4n) is 1.43. The quantitative estimate of drug-likeness (QED) is 0.477. The normalized spacial score (nSPS) is 12.3. The Kier molecular flexibility index (Phi) is 6.54. The van der Waals surface area contributed by atoms with Crippen molar-refractivity contribution in [3.05, 3.63) is 0 Å². The van der Waals surface area contributed by atoms with Gasteiger partial charge in [0.05, 0.1) is 6.54 Å². The molecule has 0 aliphatic carbocycles. The lowest BCUT2D eigenvalue weighted by Crippen LogP contribution is -2.47. The zero-order chi connectivity index (χ0) is 12.8. The molecule has 16 heavy (non-hydrogen) atoms. The smallest absolute Gasteiger partial charge is 0.282 e. The average molecular weight is 250 g/mol. The first kappa shape index (κ1) is 15.3. The highest BCUT2D eigenvalue weighted by Crippen LogP contribution is 2.08. The molecule has 0 radical (unpaired) electrons. The van der Waals surface area contributed by atoms with Crippen LogP contribution in [0.25, 0.3) is 0 Å². The molecule has 0 bridgehead atoms. The van der Waals surface area contributed by atoms with Crippen molar-refractivity contribution in [1.82, 2.24) is 8.61 Å². The van der Waals surface area contributed by atoms with Gasteiger partial charge in [0, 0.05) is 19.6 Å². The zero-order valence-electron chi connectivity index (χ0n) is 10.2. The lowest BCUT2D eigenvalue weighted by Gasteiger charge is -2.27. The highest BCUT2D eigenvalue weighted by molar-refractivity contribution is 7.86. The first-order chi connectivity index (χ1) is 7.39. The predicted molar refractivity (Wildman–Crippen MR) is 65.6 cm³/mol. The maximum absolute atomic E-state index is 12.1. The van der Waals surface area contributed by atoms with E-state index in [2.05, 4.69) is 0 Å². The third kappa shape index (κ3) is 4.07. The van der Waals surface area contributed by atoms with E-state index in [1.807, 2.05) is 6.92 Å². The molecule has 0 aromatic rings. The highest BCUT2D eigenvalue weighted by Gasteiger charge is 2.27. The third-order valence-corrected chi connectivity index (χ3v) is 4.31. The van der Waals surface area contributed by atoms with E-state index in [4.69, 9.17) is 11.1 Å². The van der Waals surface area contributed by atoms with Crippen LogP contribution in [0.4, 0.5) is 0 Å². The Morgan fingerprint density at radius 3 is 2.00 bits per heavy atom. The van der Waals surface area contributed by atoms with Crippen LogP contribution in [0.15, 0.2) is 0 Å². The van der Waals surface area contributed by atoms with Gasteiger partial charge in [-0.15, -0.1) is 0 Å². The first-order valence-corrected chi connectivity index (χ1v) is 6.87. The van der Waals surface area contributed by atoms with Gasteiger partial charge in [-0.25, -0.2) is 0 Å². The van der Waals surface area contributed by atoms with Crippen molar-refractivity contribution >= 4 is 16.0 Å². The Balaban J connectivity index is 4.94. The summed E-state index contributed by atoms with van der Waals surface area (Å²) < 4.78 is 26.9. The Hall–Kier alpha value is -0.660. The molecule has 0 unspecified atom stereocenters. The van der Waals surface area contributed by atoms with Gasteiger partial charge in [-0.05, 0) is 6.42 Å². The van der Waals surface area contributed by atoms with E-state index in [1.165, 1.54) is 8.61 Å². The fourth-order valence-corrected chi connectivity index (χ4v) is 3.12. The second kappa shape index (κ2) is 6.82. The zero-order valence-corrected chi connectivity index (χ0v) is 11.0. The number of amidine groups is 1. The second-order valence-corrected chi connectivity index (χ2v) is 5.38. The molecule has 0 aliphatic heterocycles. The van der Waals surface area contributed by atoms with E-state index in [1.54, 1.807) is 13.8 Å². The van der Waals surface area contributed by atoms with Crippen molar-refractivity contribution in [3.8, 4) is 0 Å². The van der Waals surface area contributed by atoms with Gasteiger partial charge in [0.25, 0.3) is 10.2 Å². The van der Waals surface area contributed by atoms with Crippen molar-refractivity contribution in [1.29, 1.82) is 5.41 Å².